The van der Waals surface area contributed by atoms with Crippen LogP contribution in [0, 0.1) is 0 Å². The van der Waals surface area contributed by atoms with E-state index in [1.807, 2.05) is 60.7 Å². The highest BCUT2D eigenvalue weighted by atomic mass is 32.5. The Morgan fingerprint density at radius 2 is 1.49 bits per heavy atom. The molecule has 4 aromatic heterocycles. The SMILES string of the molecule is [B]P(=O)(OC[C@H]1O[C@@H](n2cnc3c(NCc4ccccc4)ncnc32)C[C@@H]1O)O[C@@H]([C@@H](O)n1cnc2c(NCc3ccccc3)ncnc21)[C@@H](COP(O)(=S)OC)OC. The van der Waals surface area contributed by atoms with Crippen molar-refractivity contribution in [2.45, 2.75) is 56.4 Å². The molecule has 1 saturated heterocycles. The number of imidazole rings is 2. The summed E-state index contributed by atoms with van der Waals surface area (Å²) in [5.41, 5.74) is 3.49. The maximum absolute atomic E-state index is 13.9. The highest BCUT2D eigenvalue weighted by Gasteiger charge is 2.41. The van der Waals surface area contributed by atoms with E-state index in [2.05, 4.69) is 40.5 Å². The second-order valence-electron chi connectivity index (χ2n) is 13.2. The molecule has 5 heterocycles. The van der Waals surface area contributed by atoms with Crippen molar-refractivity contribution < 1.29 is 47.2 Å². The van der Waals surface area contributed by atoms with Gasteiger partial charge in [0.1, 0.15) is 37.2 Å². The normalized spacial score (nSPS) is 20.5. The average Bonchev–Trinajstić information content (AvgIpc) is 3.99. The van der Waals surface area contributed by atoms with Gasteiger partial charge in [-0.3, -0.25) is 13.7 Å². The number of fused-ring (bicyclic) bond motifs is 2. The van der Waals surface area contributed by atoms with Crippen molar-refractivity contribution in [3.8, 4) is 0 Å². The Morgan fingerprint density at radius 3 is 2.10 bits per heavy atom. The number of hydrogen-bond donors (Lipinski definition) is 5. The third kappa shape index (κ3) is 10.4. The zero-order chi connectivity index (χ0) is 41.6. The lowest BCUT2D eigenvalue weighted by Crippen LogP contribution is -2.41. The lowest BCUT2D eigenvalue weighted by molar-refractivity contribution is -0.106. The van der Waals surface area contributed by atoms with Gasteiger partial charge in [0, 0.05) is 33.7 Å². The van der Waals surface area contributed by atoms with Crippen LogP contribution in [0.1, 0.15) is 30.0 Å². The minimum absolute atomic E-state index is 0.112. The summed E-state index contributed by atoms with van der Waals surface area (Å²) in [7, 11) is 3.95. The van der Waals surface area contributed by atoms with Crippen LogP contribution in [0.4, 0.5) is 11.6 Å². The summed E-state index contributed by atoms with van der Waals surface area (Å²) >= 11 is 4.97. The molecule has 2 radical (unpaired) electrons. The molecular formula is C35H41BN10O10P2S. The Balaban J connectivity index is 1.05. The lowest BCUT2D eigenvalue weighted by Gasteiger charge is -2.33. The van der Waals surface area contributed by atoms with Crippen molar-refractivity contribution in [1.29, 1.82) is 0 Å². The Labute approximate surface area is 344 Å². The molecular weight excluding hydrogens is 825 g/mol. The number of rotatable bonds is 20. The minimum atomic E-state index is -4.62. The Morgan fingerprint density at radius 1 is 0.898 bits per heavy atom. The standard InChI is InChI=1S/C35H41BN10O10P2S/c1-51-26(17-54-58(50,59)52-2)30(35(48)46-21-44-29-32(40-19-42-34(29)46)38-15-23-11-7-4-8-12-23)56-57(36,49)53-16-25-24(47)13-27(55-25)45-20-43-28-31(39-18-41-33(28)45)37-14-22-9-5-3-6-10-22/h3-12,18-21,24-27,30,35,47-48H,13-17H2,1-2H3,(H,50,59)(H,37,39,41)(H,38,40,42)/t24-,25+,26+,27+,30+,35+,57?,58?/m0/s1. The Hall–Kier alpha value is -4.28. The summed E-state index contributed by atoms with van der Waals surface area (Å²) in [4.78, 5) is 36.5. The Bertz CT molecular complexity index is 2420. The van der Waals surface area contributed by atoms with Gasteiger partial charge in [0.15, 0.2) is 40.2 Å². The van der Waals surface area contributed by atoms with Gasteiger partial charge in [-0.1, -0.05) is 60.7 Å². The molecule has 2 unspecified atom stereocenters. The van der Waals surface area contributed by atoms with Crippen molar-refractivity contribution in [1.82, 2.24) is 39.0 Å². The van der Waals surface area contributed by atoms with E-state index >= 15 is 0 Å². The zero-order valence-corrected chi connectivity index (χ0v) is 34.3. The van der Waals surface area contributed by atoms with Gasteiger partial charge in [0.25, 0.3) is 7.47 Å². The summed E-state index contributed by atoms with van der Waals surface area (Å²) in [6.07, 6.45) is -1.87. The quantitative estimate of drug-likeness (QED) is 0.0544. The van der Waals surface area contributed by atoms with Crippen molar-refractivity contribution >= 4 is 67.5 Å². The van der Waals surface area contributed by atoms with Crippen molar-refractivity contribution in [2.75, 3.05) is 38.1 Å². The lowest BCUT2D eigenvalue weighted by atomic mass is 10.2. The number of nitrogens with one attached hydrogen (secondary N) is 2. The van der Waals surface area contributed by atoms with E-state index in [4.69, 9.17) is 46.9 Å². The molecule has 1 aliphatic heterocycles. The summed E-state index contributed by atoms with van der Waals surface area (Å²) in [5.74, 6) is 0.902. The van der Waals surface area contributed by atoms with E-state index in [1.165, 1.54) is 44.1 Å². The van der Waals surface area contributed by atoms with Gasteiger partial charge >= 0.3 is 6.72 Å². The number of anilines is 2. The summed E-state index contributed by atoms with van der Waals surface area (Å²) in [6, 6.07) is 19.4. The zero-order valence-electron chi connectivity index (χ0n) is 31.7. The van der Waals surface area contributed by atoms with Crippen LogP contribution in [0.2, 0.25) is 0 Å². The molecule has 7 rings (SSSR count). The molecule has 310 valence electrons. The maximum atomic E-state index is 13.9. The van der Waals surface area contributed by atoms with Gasteiger partial charge in [0.2, 0.25) is 7.57 Å². The fourth-order valence-electron chi connectivity index (χ4n) is 6.33. The van der Waals surface area contributed by atoms with Crippen LogP contribution in [0.3, 0.4) is 0 Å². The van der Waals surface area contributed by atoms with Gasteiger partial charge in [-0.25, -0.2) is 29.9 Å². The number of benzene rings is 2. The molecule has 2 aromatic carbocycles. The fraction of sp³-hybridized carbons (Fsp3) is 0.371. The number of aromatic nitrogens is 8. The number of aliphatic hydroxyl groups is 2. The van der Waals surface area contributed by atoms with Crippen LogP contribution in [0.15, 0.2) is 86.0 Å². The maximum Gasteiger partial charge on any atom is 0.324 e. The van der Waals surface area contributed by atoms with Crippen LogP contribution >= 0.6 is 14.2 Å². The first-order valence-electron chi connectivity index (χ1n) is 18.1. The second-order valence-corrected chi connectivity index (χ2v) is 17.7. The minimum Gasteiger partial charge on any atom is -0.390 e. The molecule has 0 amide bonds. The molecule has 6 aromatic rings. The predicted molar refractivity (Wildman–Crippen MR) is 218 cm³/mol. The Kier molecular flexibility index (Phi) is 13.8. The molecule has 59 heavy (non-hydrogen) atoms. The second kappa shape index (κ2) is 19.0. The topological polar surface area (TPSA) is 244 Å². The van der Waals surface area contributed by atoms with Crippen molar-refractivity contribution in [3.05, 3.63) is 97.1 Å². The highest BCUT2D eigenvalue weighted by molar-refractivity contribution is 8.07. The summed E-state index contributed by atoms with van der Waals surface area (Å²) < 4.78 is 50.1. The first-order valence-corrected chi connectivity index (χ1v) is 22.3. The van der Waals surface area contributed by atoms with Gasteiger partial charge < -0.3 is 53.3 Å². The van der Waals surface area contributed by atoms with E-state index < -0.39 is 64.3 Å². The van der Waals surface area contributed by atoms with E-state index in [9.17, 15) is 19.7 Å². The summed E-state index contributed by atoms with van der Waals surface area (Å²) in [6.45, 7) is -3.75. The number of nitrogens with zero attached hydrogens (tertiary/aromatic N) is 8. The summed E-state index contributed by atoms with van der Waals surface area (Å²) in [5, 5.41) is 29.3. The highest BCUT2D eigenvalue weighted by Crippen LogP contribution is 2.48. The van der Waals surface area contributed by atoms with E-state index in [1.54, 1.807) is 4.57 Å². The number of aliphatic hydroxyl groups excluding tert-OH is 2. The van der Waals surface area contributed by atoms with Crippen molar-refractivity contribution in [3.63, 3.8) is 0 Å². The molecule has 0 bridgehead atoms. The van der Waals surface area contributed by atoms with Gasteiger partial charge in [0.05, 0.1) is 32.0 Å². The molecule has 1 aliphatic rings. The van der Waals surface area contributed by atoms with Gasteiger partial charge in [-0.2, -0.15) is 0 Å². The van der Waals surface area contributed by atoms with Crippen LogP contribution in [0.5, 0.6) is 0 Å². The number of hydrogen-bond acceptors (Lipinski definition) is 18. The molecule has 1 fully saturated rings. The molecule has 0 spiro atoms. The first-order chi connectivity index (χ1) is 28.4. The van der Waals surface area contributed by atoms with Gasteiger partial charge in [-0.15, -0.1) is 0 Å². The molecule has 8 atom stereocenters. The largest absolute Gasteiger partial charge is 0.390 e. The number of methoxy groups -OCH3 is 1. The van der Waals surface area contributed by atoms with Crippen LogP contribution < -0.4 is 10.6 Å². The molecule has 20 nitrogen and oxygen atoms in total. The van der Waals surface area contributed by atoms with E-state index in [-0.39, 0.29) is 12.1 Å². The molecule has 24 heteroatoms. The van der Waals surface area contributed by atoms with Crippen LogP contribution in [-0.2, 0) is 57.0 Å². The number of ether oxygens (including phenoxy) is 2. The molecule has 0 aliphatic carbocycles. The third-order valence-corrected chi connectivity index (χ3v) is 12.2. The average molecular weight is 867 g/mol. The van der Waals surface area contributed by atoms with Gasteiger partial charge in [-0.05, 0) is 22.9 Å². The smallest absolute Gasteiger partial charge is 0.324 e. The fourth-order valence-corrected chi connectivity index (χ4v) is 7.96. The van der Waals surface area contributed by atoms with Crippen molar-refractivity contribution in [2.24, 2.45) is 0 Å². The monoisotopic (exact) mass is 866 g/mol. The predicted octanol–water partition coefficient (Wildman–Crippen LogP) is 3.60. The third-order valence-electron chi connectivity index (χ3n) is 9.41. The van der Waals surface area contributed by atoms with E-state index in [0.717, 1.165) is 11.1 Å². The molecule has 0 saturated carbocycles. The van der Waals surface area contributed by atoms with Crippen LogP contribution in [-0.4, -0.2) is 114 Å². The first kappa shape index (κ1) is 42.8. The molecule has 5 N–H and O–H groups in total. The van der Waals surface area contributed by atoms with E-state index in [0.29, 0.717) is 41.4 Å². The van der Waals surface area contributed by atoms with Crippen LogP contribution in [0.25, 0.3) is 22.3 Å².